The average molecular weight is 386 g/mol. The third-order valence-electron chi connectivity index (χ3n) is 4.92. The lowest BCUT2D eigenvalue weighted by molar-refractivity contribution is -0.121. The molecule has 0 radical (unpaired) electrons. The summed E-state index contributed by atoms with van der Waals surface area (Å²) in [7, 11) is 0. The predicted octanol–water partition coefficient (Wildman–Crippen LogP) is 3.89. The van der Waals surface area contributed by atoms with Crippen LogP contribution in [0.1, 0.15) is 56.5 Å². The summed E-state index contributed by atoms with van der Waals surface area (Å²) in [5.41, 5.74) is 3.13. The van der Waals surface area contributed by atoms with Gasteiger partial charge < -0.3 is 5.32 Å². The van der Waals surface area contributed by atoms with Gasteiger partial charge in [-0.15, -0.1) is 11.3 Å². The number of aromatic nitrogens is 1. The third-order valence-corrected chi connectivity index (χ3v) is 5.83. The lowest BCUT2D eigenvalue weighted by Crippen LogP contribution is -2.33. The standard InChI is InChI=1S/C21H27N3O2S/c1-4-15-7-9-16(10-8-15)20(14(2)3)23-18(25)12-17-13-27-21(22-17)24-11-5-6-19(24)26/h7-10,13-14,20H,4-6,11-12H2,1-3H3,(H,23,25). The molecule has 2 heterocycles. The van der Waals surface area contributed by atoms with Crippen LogP contribution in [0.4, 0.5) is 5.13 Å². The van der Waals surface area contributed by atoms with Gasteiger partial charge in [0.25, 0.3) is 0 Å². The molecule has 1 N–H and O–H groups in total. The van der Waals surface area contributed by atoms with Crippen LogP contribution in [0, 0.1) is 5.92 Å². The first-order valence-electron chi connectivity index (χ1n) is 9.61. The molecule has 1 aliphatic rings. The molecule has 2 amide bonds. The van der Waals surface area contributed by atoms with E-state index in [1.165, 1.54) is 16.9 Å². The fourth-order valence-corrected chi connectivity index (χ4v) is 4.20. The molecule has 0 bridgehead atoms. The molecule has 1 aliphatic heterocycles. The number of carbonyl (C=O) groups is 2. The van der Waals surface area contributed by atoms with E-state index in [0.717, 1.165) is 30.6 Å². The minimum atomic E-state index is -0.0436. The Morgan fingerprint density at radius 2 is 2.04 bits per heavy atom. The molecule has 1 aromatic heterocycles. The maximum Gasteiger partial charge on any atom is 0.228 e. The van der Waals surface area contributed by atoms with E-state index in [2.05, 4.69) is 55.3 Å². The van der Waals surface area contributed by atoms with Crippen LogP contribution in [0.5, 0.6) is 0 Å². The van der Waals surface area contributed by atoms with Crippen LogP contribution < -0.4 is 10.2 Å². The van der Waals surface area contributed by atoms with Crippen molar-refractivity contribution >= 4 is 28.3 Å². The van der Waals surface area contributed by atoms with E-state index in [-0.39, 0.29) is 30.2 Å². The van der Waals surface area contributed by atoms with Crippen LogP contribution in [0.2, 0.25) is 0 Å². The van der Waals surface area contributed by atoms with E-state index in [1.54, 1.807) is 4.90 Å². The smallest absolute Gasteiger partial charge is 0.228 e. The van der Waals surface area contributed by atoms with Crippen LogP contribution in [0.15, 0.2) is 29.6 Å². The highest BCUT2D eigenvalue weighted by molar-refractivity contribution is 7.14. The van der Waals surface area contributed by atoms with Crippen molar-refractivity contribution in [2.24, 2.45) is 5.92 Å². The first-order chi connectivity index (χ1) is 13.0. The van der Waals surface area contributed by atoms with Crippen molar-refractivity contribution in [3.63, 3.8) is 0 Å². The summed E-state index contributed by atoms with van der Waals surface area (Å²) in [6, 6.07) is 8.42. The molecule has 0 aliphatic carbocycles. The van der Waals surface area contributed by atoms with Gasteiger partial charge in [0, 0.05) is 18.3 Å². The molecule has 5 nitrogen and oxygen atoms in total. The molecular weight excluding hydrogens is 358 g/mol. The van der Waals surface area contributed by atoms with Gasteiger partial charge in [0.1, 0.15) is 0 Å². The van der Waals surface area contributed by atoms with Gasteiger partial charge in [-0.05, 0) is 29.9 Å². The number of thiazole rings is 1. The number of aryl methyl sites for hydroxylation is 1. The second-order valence-electron chi connectivity index (χ2n) is 7.33. The van der Waals surface area contributed by atoms with Gasteiger partial charge in [0.05, 0.1) is 18.2 Å². The minimum Gasteiger partial charge on any atom is -0.349 e. The summed E-state index contributed by atoms with van der Waals surface area (Å²) in [4.78, 5) is 30.6. The topological polar surface area (TPSA) is 62.3 Å². The van der Waals surface area contributed by atoms with Crippen molar-refractivity contribution in [1.29, 1.82) is 0 Å². The lowest BCUT2D eigenvalue weighted by Gasteiger charge is -2.23. The number of nitrogens with zero attached hydrogens (tertiary/aromatic N) is 2. The summed E-state index contributed by atoms with van der Waals surface area (Å²) < 4.78 is 0. The van der Waals surface area contributed by atoms with Gasteiger partial charge in [0.15, 0.2) is 5.13 Å². The summed E-state index contributed by atoms with van der Waals surface area (Å²) in [6.07, 6.45) is 2.70. The molecule has 1 saturated heterocycles. The van der Waals surface area contributed by atoms with Crippen LogP contribution in [-0.4, -0.2) is 23.3 Å². The quantitative estimate of drug-likeness (QED) is 0.786. The van der Waals surface area contributed by atoms with E-state index in [4.69, 9.17) is 0 Å². The monoisotopic (exact) mass is 385 g/mol. The second kappa shape index (κ2) is 8.65. The molecule has 27 heavy (non-hydrogen) atoms. The molecule has 1 fully saturated rings. The van der Waals surface area contributed by atoms with Crippen molar-refractivity contribution in [2.45, 2.75) is 52.5 Å². The molecule has 0 spiro atoms. The highest BCUT2D eigenvalue weighted by Crippen LogP contribution is 2.26. The van der Waals surface area contributed by atoms with Gasteiger partial charge in [-0.1, -0.05) is 45.0 Å². The molecule has 2 aromatic rings. The van der Waals surface area contributed by atoms with Crippen LogP contribution in [0.3, 0.4) is 0 Å². The van der Waals surface area contributed by atoms with E-state index in [1.807, 2.05) is 5.38 Å². The maximum atomic E-state index is 12.6. The van der Waals surface area contributed by atoms with Crippen LogP contribution in [0.25, 0.3) is 0 Å². The normalized spacial score (nSPS) is 15.4. The lowest BCUT2D eigenvalue weighted by atomic mass is 9.94. The first kappa shape index (κ1) is 19.5. The van der Waals surface area contributed by atoms with Crippen LogP contribution >= 0.6 is 11.3 Å². The first-order valence-corrected chi connectivity index (χ1v) is 10.5. The molecule has 6 heteroatoms. The summed E-state index contributed by atoms with van der Waals surface area (Å²) >= 11 is 1.43. The average Bonchev–Trinajstić information content (AvgIpc) is 3.28. The van der Waals surface area contributed by atoms with Crippen molar-refractivity contribution < 1.29 is 9.59 Å². The second-order valence-corrected chi connectivity index (χ2v) is 8.17. The zero-order valence-electron chi connectivity index (χ0n) is 16.2. The molecule has 1 atom stereocenters. The maximum absolute atomic E-state index is 12.6. The minimum absolute atomic E-state index is 0.0262. The number of anilines is 1. The predicted molar refractivity (Wildman–Crippen MR) is 109 cm³/mol. The van der Waals surface area contributed by atoms with Gasteiger partial charge in [-0.25, -0.2) is 4.98 Å². The van der Waals surface area contributed by atoms with Crippen molar-refractivity contribution in [3.8, 4) is 0 Å². The Labute approximate surface area is 164 Å². The number of carbonyl (C=O) groups excluding carboxylic acids is 2. The van der Waals surface area contributed by atoms with Gasteiger partial charge in [0.2, 0.25) is 11.8 Å². The molecular formula is C21H27N3O2S. The number of hydrogen-bond donors (Lipinski definition) is 1. The van der Waals surface area contributed by atoms with Gasteiger partial charge >= 0.3 is 0 Å². The Kier molecular flexibility index (Phi) is 6.26. The SMILES string of the molecule is CCc1ccc(C(NC(=O)Cc2csc(N3CCCC3=O)n2)C(C)C)cc1. The van der Waals surface area contributed by atoms with Gasteiger partial charge in [-0.3, -0.25) is 14.5 Å². The third kappa shape index (κ3) is 4.75. The fourth-order valence-electron chi connectivity index (χ4n) is 3.34. The largest absolute Gasteiger partial charge is 0.349 e. The number of benzene rings is 1. The fraction of sp³-hybridized carbons (Fsp3) is 0.476. The molecule has 0 saturated carbocycles. The molecule has 3 rings (SSSR count). The Hall–Kier alpha value is -2.21. The highest BCUT2D eigenvalue weighted by Gasteiger charge is 2.25. The summed E-state index contributed by atoms with van der Waals surface area (Å²) in [5, 5.41) is 5.73. The zero-order chi connectivity index (χ0) is 19.4. The number of nitrogens with one attached hydrogen (secondary N) is 1. The zero-order valence-corrected chi connectivity index (χ0v) is 17.0. The van der Waals surface area contributed by atoms with Crippen molar-refractivity contribution in [2.75, 3.05) is 11.4 Å². The number of rotatable bonds is 7. The van der Waals surface area contributed by atoms with Crippen LogP contribution in [-0.2, 0) is 22.4 Å². The Morgan fingerprint density at radius 1 is 1.30 bits per heavy atom. The van der Waals surface area contributed by atoms with Crippen molar-refractivity contribution in [1.82, 2.24) is 10.3 Å². The van der Waals surface area contributed by atoms with E-state index in [9.17, 15) is 9.59 Å². The van der Waals surface area contributed by atoms with Crippen molar-refractivity contribution in [3.05, 3.63) is 46.5 Å². The van der Waals surface area contributed by atoms with E-state index < -0.39 is 0 Å². The molecule has 1 unspecified atom stereocenters. The van der Waals surface area contributed by atoms with E-state index in [0.29, 0.717) is 11.6 Å². The summed E-state index contributed by atoms with van der Waals surface area (Å²) in [5.74, 6) is 0.364. The van der Waals surface area contributed by atoms with E-state index >= 15 is 0 Å². The molecule has 144 valence electrons. The molecule has 1 aromatic carbocycles. The number of hydrogen-bond acceptors (Lipinski definition) is 4. The number of amides is 2. The Bertz CT molecular complexity index is 798. The van der Waals surface area contributed by atoms with Gasteiger partial charge in [-0.2, -0.15) is 0 Å². The highest BCUT2D eigenvalue weighted by atomic mass is 32.1. The Morgan fingerprint density at radius 3 is 2.63 bits per heavy atom. The Balaban J connectivity index is 1.64. The summed E-state index contributed by atoms with van der Waals surface area (Å²) in [6.45, 7) is 7.08.